The Kier molecular flexibility index (Phi) is 4.48. The van der Waals surface area contributed by atoms with Gasteiger partial charge in [0.05, 0.1) is 0 Å². The number of hydrogen-bond acceptors (Lipinski definition) is 4. The molecule has 0 aromatic carbocycles. The van der Waals surface area contributed by atoms with Crippen molar-refractivity contribution in [2.75, 3.05) is 6.54 Å². The first-order valence-corrected chi connectivity index (χ1v) is 5.03. The summed E-state index contributed by atoms with van der Waals surface area (Å²) < 4.78 is 0.265. The molecule has 1 aromatic rings. The lowest BCUT2D eigenvalue weighted by molar-refractivity contribution is 0.665. The van der Waals surface area contributed by atoms with Crippen LogP contribution >= 0.6 is 12.2 Å². The monoisotopic (exact) mass is 214 g/mol. The lowest BCUT2D eigenvalue weighted by atomic mass is 10.1. The zero-order chi connectivity index (χ0) is 10.4. The molecule has 0 aliphatic rings. The first-order chi connectivity index (χ1) is 6.74. The van der Waals surface area contributed by atoms with Crippen LogP contribution in [0.25, 0.3) is 0 Å². The second kappa shape index (κ2) is 5.66. The molecule has 0 aliphatic heterocycles. The molecule has 0 fully saturated rings. The van der Waals surface area contributed by atoms with Gasteiger partial charge in [0, 0.05) is 0 Å². The number of unbranched alkanes of at least 4 members (excludes halogenated alkanes) is 2. The molecular weight excluding hydrogens is 200 g/mol. The van der Waals surface area contributed by atoms with E-state index in [2.05, 4.69) is 15.2 Å². The van der Waals surface area contributed by atoms with Crippen LogP contribution in [-0.2, 0) is 6.42 Å². The maximum absolute atomic E-state index is 11.3. The van der Waals surface area contributed by atoms with Gasteiger partial charge in [0.15, 0.2) is 4.77 Å². The third-order valence-corrected chi connectivity index (χ3v) is 2.09. The number of nitrogens with one attached hydrogen (secondary N) is 2. The number of nitrogens with zero attached hydrogens (tertiary/aromatic N) is 1. The van der Waals surface area contributed by atoms with Gasteiger partial charge >= 0.3 is 0 Å². The quantitative estimate of drug-likeness (QED) is 0.492. The van der Waals surface area contributed by atoms with Crippen molar-refractivity contribution in [2.45, 2.75) is 25.7 Å². The standard InChI is InChI=1S/C8H14N4OS/c9-5-3-1-2-4-6-7(13)10-8(14)12-11-6/h1-5,9H2,(H2,10,12,13,14). The summed E-state index contributed by atoms with van der Waals surface area (Å²) in [7, 11) is 0. The Morgan fingerprint density at radius 3 is 2.79 bits per heavy atom. The highest BCUT2D eigenvalue weighted by Gasteiger charge is 2.00. The molecule has 0 saturated carbocycles. The summed E-state index contributed by atoms with van der Waals surface area (Å²) >= 11 is 4.72. The molecular formula is C8H14N4OS. The molecule has 78 valence electrons. The smallest absolute Gasteiger partial charge is 0.273 e. The number of rotatable bonds is 5. The van der Waals surface area contributed by atoms with Crippen LogP contribution < -0.4 is 11.3 Å². The van der Waals surface area contributed by atoms with E-state index in [4.69, 9.17) is 18.0 Å². The highest BCUT2D eigenvalue weighted by molar-refractivity contribution is 7.71. The van der Waals surface area contributed by atoms with Crippen molar-refractivity contribution in [3.05, 3.63) is 20.8 Å². The van der Waals surface area contributed by atoms with Gasteiger partial charge in [-0.3, -0.25) is 14.9 Å². The summed E-state index contributed by atoms with van der Waals surface area (Å²) in [6, 6.07) is 0. The minimum atomic E-state index is -0.193. The molecule has 0 saturated heterocycles. The lowest BCUT2D eigenvalue weighted by Gasteiger charge is -1.98. The van der Waals surface area contributed by atoms with Crippen molar-refractivity contribution in [3.8, 4) is 0 Å². The molecule has 0 unspecified atom stereocenters. The normalized spacial score (nSPS) is 10.4. The predicted octanol–water partition coefficient (Wildman–Crippen LogP) is 0.499. The van der Waals surface area contributed by atoms with Crippen molar-refractivity contribution < 1.29 is 0 Å². The zero-order valence-corrected chi connectivity index (χ0v) is 8.69. The molecule has 1 rings (SSSR count). The number of aryl methyl sites for hydroxylation is 1. The van der Waals surface area contributed by atoms with Crippen LogP contribution in [0, 0.1) is 4.77 Å². The zero-order valence-electron chi connectivity index (χ0n) is 7.88. The van der Waals surface area contributed by atoms with E-state index >= 15 is 0 Å². The van der Waals surface area contributed by atoms with Crippen LogP contribution in [0.15, 0.2) is 4.79 Å². The number of nitrogens with two attached hydrogens (primary N) is 1. The van der Waals surface area contributed by atoms with Gasteiger partial charge in [-0.1, -0.05) is 6.42 Å². The van der Waals surface area contributed by atoms with Crippen molar-refractivity contribution in [1.82, 2.24) is 15.2 Å². The third kappa shape index (κ3) is 3.39. The molecule has 0 atom stereocenters. The first-order valence-electron chi connectivity index (χ1n) is 4.62. The molecule has 0 aliphatic carbocycles. The van der Waals surface area contributed by atoms with E-state index in [0.29, 0.717) is 18.7 Å². The van der Waals surface area contributed by atoms with Crippen molar-refractivity contribution in [3.63, 3.8) is 0 Å². The minimum Gasteiger partial charge on any atom is -0.330 e. The van der Waals surface area contributed by atoms with E-state index in [1.807, 2.05) is 0 Å². The molecule has 1 aromatic heterocycles. The molecule has 4 N–H and O–H groups in total. The number of H-pyrrole nitrogens is 2. The summed E-state index contributed by atoms with van der Waals surface area (Å²) in [5.74, 6) is 0. The largest absolute Gasteiger partial charge is 0.330 e. The Labute approximate surface area is 86.7 Å². The molecule has 0 bridgehead atoms. The van der Waals surface area contributed by atoms with Crippen molar-refractivity contribution >= 4 is 12.2 Å². The van der Waals surface area contributed by atoms with Crippen LogP contribution in [0.5, 0.6) is 0 Å². The second-order valence-electron chi connectivity index (χ2n) is 3.05. The van der Waals surface area contributed by atoms with Crippen LogP contribution in [0.1, 0.15) is 25.0 Å². The Morgan fingerprint density at radius 2 is 2.14 bits per heavy atom. The molecule has 0 spiro atoms. The first kappa shape index (κ1) is 11.1. The summed E-state index contributed by atoms with van der Waals surface area (Å²) in [4.78, 5) is 13.8. The Morgan fingerprint density at radius 1 is 1.36 bits per heavy atom. The molecule has 5 nitrogen and oxygen atoms in total. The van der Waals surface area contributed by atoms with Gasteiger partial charge in [0.1, 0.15) is 5.69 Å². The topological polar surface area (TPSA) is 87.6 Å². The van der Waals surface area contributed by atoms with Crippen molar-refractivity contribution in [1.29, 1.82) is 0 Å². The van der Waals surface area contributed by atoms with Crippen LogP contribution in [0.4, 0.5) is 0 Å². The summed E-state index contributed by atoms with van der Waals surface area (Å²) in [6.45, 7) is 0.695. The van der Waals surface area contributed by atoms with Gasteiger partial charge in [0.25, 0.3) is 5.56 Å². The van der Waals surface area contributed by atoms with Gasteiger partial charge in [-0.05, 0) is 38.0 Å². The van der Waals surface area contributed by atoms with Crippen LogP contribution in [-0.4, -0.2) is 21.7 Å². The molecule has 0 amide bonds. The van der Waals surface area contributed by atoms with Crippen LogP contribution in [0.3, 0.4) is 0 Å². The molecule has 6 heteroatoms. The number of hydrogen-bond donors (Lipinski definition) is 3. The van der Waals surface area contributed by atoms with E-state index in [0.717, 1.165) is 19.3 Å². The van der Waals surface area contributed by atoms with Gasteiger partial charge < -0.3 is 5.73 Å². The van der Waals surface area contributed by atoms with Crippen LogP contribution in [0.2, 0.25) is 0 Å². The SMILES string of the molecule is NCCCCCc1n[nH]c(=S)[nH]c1=O. The average Bonchev–Trinajstić information content (AvgIpc) is 2.15. The number of aromatic nitrogens is 3. The van der Waals surface area contributed by atoms with E-state index < -0.39 is 0 Å². The van der Waals surface area contributed by atoms with E-state index in [9.17, 15) is 4.79 Å². The number of aromatic amines is 2. The van der Waals surface area contributed by atoms with Gasteiger partial charge in [0.2, 0.25) is 0 Å². The summed E-state index contributed by atoms with van der Waals surface area (Å²) in [5.41, 5.74) is 5.67. The van der Waals surface area contributed by atoms with E-state index in [1.54, 1.807) is 0 Å². The fraction of sp³-hybridized carbons (Fsp3) is 0.625. The van der Waals surface area contributed by atoms with Gasteiger partial charge in [-0.25, -0.2) is 0 Å². The highest BCUT2D eigenvalue weighted by Crippen LogP contribution is 1.98. The van der Waals surface area contributed by atoms with E-state index in [-0.39, 0.29) is 10.3 Å². The van der Waals surface area contributed by atoms with Gasteiger partial charge in [-0.2, -0.15) is 5.10 Å². The van der Waals surface area contributed by atoms with Crippen molar-refractivity contribution in [2.24, 2.45) is 5.73 Å². The fourth-order valence-electron chi connectivity index (χ4n) is 1.16. The van der Waals surface area contributed by atoms with Gasteiger partial charge in [-0.15, -0.1) is 0 Å². The lowest BCUT2D eigenvalue weighted by Crippen LogP contribution is -2.16. The summed E-state index contributed by atoms with van der Waals surface area (Å²) in [5, 5.41) is 6.44. The Hall–Kier alpha value is -1.01. The minimum absolute atomic E-state index is 0.193. The average molecular weight is 214 g/mol. The maximum atomic E-state index is 11.3. The fourth-order valence-corrected chi connectivity index (χ4v) is 1.29. The maximum Gasteiger partial charge on any atom is 0.273 e. The molecule has 0 radical (unpaired) electrons. The highest BCUT2D eigenvalue weighted by atomic mass is 32.1. The Balaban J connectivity index is 2.51. The summed E-state index contributed by atoms with van der Waals surface area (Å²) in [6.07, 6.45) is 3.60. The third-order valence-electron chi connectivity index (χ3n) is 1.90. The molecule has 14 heavy (non-hydrogen) atoms. The predicted molar refractivity (Wildman–Crippen MR) is 56.7 cm³/mol. The molecule has 1 heterocycles. The second-order valence-corrected chi connectivity index (χ2v) is 3.46. The van der Waals surface area contributed by atoms with E-state index in [1.165, 1.54) is 0 Å². The Bertz CT molecular complexity index is 383.